The van der Waals surface area contributed by atoms with E-state index in [9.17, 15) is 9.59 Å². The quantitative estimate of drug-likeness (QED) is 0.639. The SMILES string of the molecule is CN(CC(=O)N1N=C(c2ccccc2Cl)CC1c1ccc2c(c1)OCO2)C(=O)CC(C)(C)C. The first kappa shape index (κ1) is 23.1. The van der Waals surface area contributed by atoms with Crippen molar-refractivity contribution in [2.75, 3.05) is 20.4 Å². The number of rotatable bonds is 5. The Bertz CT molecular complexity index is 1110. The summed E-state index contributed by atoms with van der Waals surface area (Å²) in [5.74, 6) is 0.979. The zero-order valence-electron chi connectivity index (χ0n) is 19.3. The molecule has 2 aromatic carbocycles. The molecule has 0 spiro atoms. The third-order valence-corrected chi connectivity index (χ3v) is 5.94. The minimum Gasteiger partial charge on any atom is -0.454 e. The smallest absolute Gasteiger partial charge is 0.262 e. The van der Waals surface area contributed by atoms with E-state index in [1.165, 1.54) is 9.91 Å². The first-order valence-electron chi connectivity index (χ1n) is 10.9. The average molecular weight is 470 g/mol. The number of hydrazone groups is 1. The molecular formula is C25H28ClN3O4. The molecule has 8 heteroatoms. The molecule has 33 heavy (non-hydrogen) atoms. The van der Waals surface area contributed by atoms with Gasteiger partial charge in [-0.05, 0) is 29.2 Å². The van der Waals surface area contributed by atoms with Gasteiger partial charge in [0, 0.05) is 30.5 Å². The van der Waals surface area contributed by atoms with Crippen LogP contribution in [-0.2, 0) is 9.59 Å². The second-order valence-electron chi connectivity index (χ2n) is 9.58. The van der Waals surface area contributed by atoms with E-state index >= 15 is 0 Å². The fourth-order valence-corrected chi connectivity index (χ4v) is 4.18. The van der Waals surface area contributed by atoms with E-state index in [0.29, 0.717) is 29.4 Å². The molecule has 0 N–H and O–H groups in total. The number of hydrogen-bond acceptors (Lipinski definition) is 5. The molecule has 1 unspecified atom stereocenters. The average Bonchev–Trinajstić information content (AvgIpc) is 3.39. The number of halogens is 1. The number of nitrogens with zero attached hydrogens (tertiary/aromatic N) is 3. The number of amides is 2. The highest BCUT2D eigenvalue weighted by molar-refractivity contribution is 6.34. The van der Waals surface area contributed by atoms with Gasteiger partial charge in [-0.3, -0.25) is 9.59 Å². The molecule has 2 aliphatic rings. The Morgan fingerprint density at radius 2 is 1.88 bits per heavy atom. The lowest BCUT2D eigenvalue weighted by Crippen LogP contribution is -2.40. The Hall–Kier alpha value is -3.06. The van der Waals surface area contributed by atoms with Gasteiger partial charge in [-0.15, -0.1) is 0 Å². The van der Waals surface area contributed by atoms with Crippen LogP contribution in [0.2, 0.25) is 5.02 Å². The predicted octanol–water partition coefficient (Wildman–Crippen LogP) is 4.64. The van der Waals surface area contributed by atoms with Crippen molar-refractivity contribution < 1.29 is 19.1 Å². The van der Waals surface area contributed by atoms with Crippen LogP contribution in [0.15, 0.2) is 47.6 Å². The molecule has 2 aromatic rings. The summed E-state index contributed by atoms with van der Waals surface area (Å²) in [6.45, 7) is 6.11. The topological polar surface area (TPSA) is 71.4 Å². The summed E-state index contributed by atoms with van der Waals surface area (Å²) in [6, 6.07) is 12.7. The maximum Gasteiger partial charge on any atom is 0.262 e. The highest BCUT2D eigenvalue weighted by Gasteiger charge is 2.35. The van der Waals surface area contributed by atoms with Crippen LogP contribution < -0.4 is 9.47 Å². The van der Waals surface area contributed by atoms with Crippen LogP contribution in [0.3, 0.4) is 0 Å². The van der Waals surface area contributed by atoms with Crippen molar-refractivity contribution in [3.8, 4) is 11.5 Å². The fraction of sp³-hybridized carbons (Fsp3) is 0.400. The first-order chi connectivity index (χ1) is 15.6. The summed E-state index contributed by atoms with van der Waals surface area (Å²) in [4.78, 5) is 27.4. The number of ether oxygens (including phenoxy) is 2. The lowest BCUT2D eigenvalue weighted by Gasteiger charge is -2.26. The van der Waals surface area contributed by atoms with Crippen LogP contribution in [0.25, 0.3) is 0 Å². The largest absolute Gasteiger partial charge is 0.454 e. The molecule has 0 aromatic heterocycles. The Kier molecular flexibility index (Phi) is 6.34. The standard InChI is InChI=1S/C25H28ClN3O4/c1-25(2,3)13-23(30)28(4)14-24(31)29-20(16-9-10-21-22(11-16)33-15-32-21)12-19(27-29)17-7-5-6-8-18(17)26/h5-11,20H,12-15H2,1-4H3. The van der Waals surface area contributed by atoms with Crippen LogP contribution in [0, 0.1) is 5.41 Å². The number of benzene rings is 2. The number of hydrogen-bond donors (Lipinski definition) is 0. The maximum absolute atomic E-state index is 13.3. The van der Waals surface area contributed by atoms with Gasteiger partial charge < -0.3 is 14.4 Å². The molecular weight excluding hydrogens is 442 g/mol. The number of carbonyl (C=O) groups excluding carboxylic acids is 2. The monoisotopic (exact) mass is 469 g/mol. The van der Waals surface area contributed by atoms with Gasteiger partial charge in [-0.2, -0.15) is 5.10 Å². The van der Waals surface area contributed by atoms with Gasteiger partial charge in [0.25, 0.3) is 5.91 Å². The van der Waals surface area contributed by atoms with Crippen molar-refractivity contribution in [3.63, 3.8) is 0 Å². The normalized spacial score (nSPS) is 17.2. The molecule has 0 radical (unpaired) electrons. The van der Waals surface area contributed by atoms with E-state index in [1.54, 1.807) is 13.1 Å². The molecule has 174 valence electrons. The second kappa shape index (κ2) is 9.06. The molecule has 2 heterocycles. The molecule has 7 nitrogen and oxygen atoms in total. The summed E-state index contributed by atoms with van der Waals surface area (Å²) < 4.78 is 11.0. The van der Waals surface area contributed by atoms with E-state index in [1.807, 2.05) is 57.2 Å². The highest BCUT2D eigenvalue weighted by atomic mass is 35.5. The van der Waals surface area contributed by atoms with E-state index < -0.39 is 0 Å². The van der Waals surface area contributed by atoms with Gasteiger partial charge in [0.15, 0.2) is 11.5 Å². The fourth-order valence-electron chi connectivity index (χ4n) is 3.93. The summed E-state index contributed by atoms with van der Waals surface area (Å²) in [5, 5.41) is 6.71. The Morgan fingerprint density at radius 1 is 1.15 bits per heavy atom. The second-order valence-corrected chi connectivity index (χ2v) is 9.99. The Morgan fingerprint density at radius 3 is 2.61 bits per heavy atom. The van der Waals surface area contributed by atoms with E-state index in [-0.39, 0.29) is 36.6 Å². The van der Waals surface area contributed by atoms with Crippen molar-refractivity contribution in [2.45, 2.75) is 39.7 Å². The molecule has 2 amide bonds. The number of likely N-dealkylation sites (N-methyl/N-ethyl adjacent to an activating group) is 1. The molecule has 0 saturated carbocycles. The van der Waals surface area contributed by atoms with Crippen molar-refractivity contribution >= 4 is 29.1 Å². The van der Waals surface area contributed by atoms with Crippen molar-refractivity contribution in [1.82, 2.24) is 9.91 Å². The van der Waals surface area contributed by atoms with Gasteiger partial charge in [0.05, 0.1) is 11.8 Å². The molecule has 0 aliphatic carbocycles. The lowest BCUT2D eigenvalue weighted by molar-refractivity contribution is -0.141. The first-order valence-corrected chi connectivity index (χ1v) is 11.3. The van der Waals surface area contributed by atoms with E-state index in [4.69, 9.17) is 21.1 Å². The van der Waals surface area contributed by atoms with Gasteiger partial charge in [-0.1, -0.05) is 56.6 Å². The molecule has 1 atom stereocenters. The molecule has 0 fully saturated rings. The van der Waals surface area contributed by atoms with Crippen LogP contribution in [-0.4, -0.2) is 47.8 Å². The predicted molar refractivity (Wildman–Crippen MR) is 126 cm³/mol. The van der Waals surface area contributed by atoms with Crippen molar-refractivity contribution in [1.29, 1.82) is 0 Å². The summed E-state index contributed by atoms with van der Waals surface area (Å²) >= 11 is 6.42. The van der Waals surface area contributed by atoms with Crippen LogP contribution >= 0.6 is 11.6 Å². The van der Waals surface area contributed by atoms with Crippen LogP contribution in [0.1, 0.15) is 50.8 Å². The Labute approximate surface area is 198 Å². The zero-order valence-corrected chi connectivity index (χ0v) is 20.1. The molecule has 4 rings (SSSR count). The maximum atomic E-state index is 13.3. The van der Waals surface area contributed by atoms with Gasteiger partial charge >= 0.3 is 0 Å². The highest BCUT2D eigenvalue weighted by Crippen LogP contribution is 2.39. The summed E-state index contributed by atoms with van der Waals surface area (Å²) in [5.41, 5.74) is 2.23. The van der Waals surface area contributed by atoms with Crippen LogP contribution in [0.4, 0.5) is 0 Å². The van der Waals surface area contributed by atoms with E-state index in [0.717, 1.165) is 16.8 Å². The number of fused-ring (bicyclic) bond motifs is 1. The molecule has 2 aliphatic heterocycles. The minimum absolute atomic E-state index is 0.0603. The molecule has 0 saturated heterocycles. The summed E-state index contributed by atoms with van der Waals surface area (Å²) in [7, 11) is 1.65. The lowest BCUT2D eigenvalue weighted by atomic mass is 9.92. The van der Waals surface area contributed by atoms with Gasteiger partial charge in [-0.25, -0.2) is 5.01 Å². The van der Waals surface area contributed by atoms with Crippen molar-refractivity contribution in [2.24, 2.45) is 10.5 Å². The van der Waals surface area contributed by atoms with Gasteiger partial charge in [0.1, 0.15) is 6.54 Å². The van der Waals surface area contributed by atoms with Gasteiger partial charge in [0.2, 0.25) is 12.7 Å². The third kappa shape index (κ3) is 5.14. The van der Waals surface area contributed by atoms with E-state index in [2.05, 4.69) is 5.10 Å². The van der Waals surface area contributed by atoms with Crippen LogP contribution in [0.5, 0.6) is 11.5 Å². The zero-order chi connectivity index (χ0) is 23.8. The summed E-state index contributed by atoms with van der Waals surface area (Å²) in [6.07, 6.45) is 0.852. The molecule has 0 bridgehead atoms. The number of carbonyl (C=O) groups is 2. The Balaban J connectivity index is 1.61. The van der Waals surface area contributed by atoms with Crippen molar-refractivity contribution in [3.05, 3.63) is 58.6 Å². The third-order valence-electron chi connectivity index (χ3n) is 5.61. The minimum atomic E-state index is -0.343.